The Labute approximate surface area is 135 Å². The molecule has 0 fully saturated rings. The number of benzene rings is 2. The van der Waals surface area contributed by atoms with Crippen molar-refractivity contribution in [2.75, 3.05) is 18.5 Å². The van der Waals surface area contributed by atoms with Crippen molar-refractivity contribution >= 4 is 17.7 Å². The number of rotatable bonds is 5. The van der Waals surface area contributed by atoms with Crippen molar-refractivity contribution in [1.29, 1.82) is 0 Å². The second-order valence-corrected chi connectivity index (χ2v) is 5.22. The summed E-state index contributed by atoms with van der Waals surface area (Å²) < 4.78 is 11.0. The minimum atomic E-state index is -0.186. The van der Waals surface area contributed by atoms with Crippen LogP contribution in [0, 0.1) is 0 Å². The van der Waals surface area contributed by atoms with Crippen molar-refractivity contribution in [3.8, 4) is 11.5 Å². The van der Waals surface area contributed by atoms with Crippen LogP contribution < -0.4 is 14.8 Å². The van der Waals surface area contributed by atoms with E-state index in [4.69, 9.17) is 9.47 Å². The lowest BCUT2D eigenvalue weighted by atomic mass is 10.1. The van der Waals surface area contributed by atoms with Gasteiger partial charge in [-0.15, -0.1) is 0 Å². The molecule has 0 bridgehead atoms. The average Bonchev–Trinajstić information content (AvgIpc) is 3.03. The first kappa shape index (κ1) is 15.2. The molecule has 2 aromatic rings. The van der Waals surface area contributed by atoms with Crippen molar-refractivity contribution in [2.45, 2.75) is 13.3 Å². The molecule has 2 aromatic carbocycles. The number of anilines is 1. The Bertz CT molecular complexity index is 737. The second-order valence-electron chi connectivity index (χ2n) is 5.22. The number of ether oxygens (including phenoxy) is 2. The molecule has 0 unspecified atom stereocenters. The van der Waals surface area contributed by atoms with Crippen LogP contribution in [0.3, 0.4) is 0 Å². The van der Waals surface area contributed by atoms with Gasteiger partial charge in [-0.05, 0) is 48.4 Å². The Balaban J connectivity index is 1.67. The van der Waals surface area contributed by atoms with Gasteiger partial charge in [-0.1, -0.05) is 18.2 Å². The second kappa shape index (κ2) is 7.01. The summed E-state index contributed by atoms with van der Waals surface area (Å²) in [6.45, 7) is 3.20. The predicted molar refractivity (Wildman–Crippen MR) is 90.9 cm³/mol. The summed E-state index contributed by atoms with van der Waals surface area (Å²) in [5.74, 6) is 1.43. The normalized spacial score (nSPS) is 12.7. The van der Waals surface area contributed by atoms with Crippen molar-refractivity contribution in [2.24, 2.45) is 0 Å². The molecule has 0 radical (unpaired) electrons. The smallest absolute Gasteiger partial charge is 0.248 e. The molecule has 4 heteroatoms. The SMILES string of the molecule is CCOc1ccccc1NC(=O)C=Cc1ccc2c(c1)CCO2. The Kier molecular flexibility index (Phi) is 4.62. The fourth-order valence-electron chi connectivity index (χ4n) is 2.51. The van der Waals surface area contributed by atoms with Crippen LogP contribution >= 0.6 is 0 Å². The Morgan fingerprint density at radius 3 is 3.04 bits per heavy atom. The van der Waals surface area contributed by atoms with Crippen LogP contribution in [0.15, 0.2) is 48.5 Å². The molecule has 1 heterocycles. The molecule has 0 aromatic heterocycles. The summed E-state index contributed by atoms with van der Waals surface area (Å²) in [4.78, 5) is 12.1. The lowest BCUT2D eigenvalue weighted by Crippen LogP contribution is -2.09. The highest BCUT2D eigenvalue weighted by molar-refractivity contribution is 6.02. The fourth-order valence-corrected chi connectivity index (χ4v) is 2.51. The number of nitrogens with one attached hydrogen (secondary N) is 1. The van der Waals surface area contributed by atoms with Crippen LogP contribution in [0.5, 0.6) is 11.5 Å². The zero-order valence-electron chi connectivity index (χ0n) is 13.0. The molecule has 0 atom stereocenters. The van der Waals surface area contributed by atoms with E-state index in [0.717, 1.165) is 24.3 Å². The van der Waals surface area contributed by atoms with E-state index in [1.807, 2.05) is 43.3 Å². The highest BCUT2D eigenvalue weighted by atomic mass is 16.5. The molecule has 0 aliphatic carbocycles. The number of para-hydroxylation sites is 2. The molecule has 0 spiro atoms. The summed E-state index contributed by atoms with van der Waals surface area (Å²) in [6, 6.07) is 13.4. The summed E-state index contributed by atoms with van der Waals surface area (Å²) in [6.07, 6.45) is 4.25. The van der Waals surface area contributed by atoms with E-state index < -0.39 is 0 Å². The molecule has 23 heavy (non-hydrogen) atoms. The van der Waals surface area contributed by atoms with E-state index in [0.29, 0.717) is 18.0 Å². The lowest BCUT2D eigenvalue weighted by molar-refractivity contribution is -0.111. The summed E-state index contributed by atoms with van der Waals surface area (Å²) in [7, 11) is 0. The van der Waals surface area contributed by atoms with Gasteiger partial charge in [-0.25, -0.2) is 0 Å². The van der Waals surface area contributed by atoms with Gasteiger partial charge in [-0.3, -0.25) is 4.79 Å². The van der Waals surface area contributed by atoms with Crippen LogP contribution in [0.1, 0.15) is 18.1 Å². The van der Waals surface area contributed by atoms with Crippen LogP contribution in [-0.4, -0.2) is 19.1 Å². The molecular weight excluding hydrogens is 290 g/mol. The Morgan fingerprint density at radius 2 is 2.17 bits per heavy atom. The summed E-state index contributed by atoms with van der Waals surface area (Å²) >= 11 is 0. The van der Waals surface area contributed by atoms with Gasteiger partial charge in [0.05, 0.1) is 18.9 Å². The van der Waals surface area contributed by atoms with Gasteiger partial charge in [-0.2, -0.15) is 0 Å². The highest BCUT2D eigenvalue weighted by Crippen LogP contribution is 2.26. The number of hydrogen-bond donors (Lipinski definition) is 1. The monoisotopic (exact) mass is 309 g/mol. The third-order valence-electron chi connectivity index (χ3n) is 3.59. The van der Waals surface area contributed by atoms with Crippen LogP contribution in [0.2, 0.25) is 0 Å². The largest absolute Gasteiger partial charge is 0.493 e. The van der Waals surface area contributed by atoms with E-state index in [9.17, 15) is 4.79 Å². The van der Waals surface area contributed by atoms with Crippen LogP contribution in [0.25, 0.3) is 6.08 Å². The van der Waals surface area contributed by atoms with Crippen molar-refractivity contribution < 1.29 is 14.3 Å². The maximum Gasteiger partial charge on any atom is 0.248 e. The zero-order valence-corrected chi connectivity index (χ0v) is 13.0. The minimum absolute atomic E-state index is 0.186. The first-order valence-corrected chi connectivity index (χ1v) is 7.73. The van der Waals surface area contributed by atoms with Gasteiger partial charge < -0.3 is 14.8 Å². The third-order valence-corrected chi connectivity index (χ3v) is 3.59. The van der Waals surface area contributed by atoms with E-state index in [-0.39, 0.29) is 5.91 Å². The van der Waals surface area contributed by atoms with E-state index in [1.165, 1.54) is 11.6 Å². The maximum atomic E-state index is 12.1. The van der Waals surface area contributed by atoms with Crippen molar-refractivity contribution in [1.82, 2.24) is 0 Å². The molecule has 1 aliphatic heterocycles. The van der Waals surface area contributed by atoms with E-state index in [1.54, 1.807) is 6.08 Å². The number of amides is 1. The molecule has 1 amide bonds. The average molecular weight is 309 g/mol. The molecule has 3 rings (SSSR count). The number of hydrogen-bond acceptors (Lipinski definition) is 3. The Morgan fingerprint density at radius 1 is 1.30 bits per heavy atom. The number of carbonyl (C=O) groups excluding carboxylic acids is 1. The number of fused-ring (bicyclic) bond motifs is 1. The summed E-state index contributed by atoms with van der Waals surface area (Å²) in [5.41, 5.74) is 2.85. The highest BCUT2D eigenvalue weighted by Gasteiger charge is 2.11. The van der Waals surface area contributed by atoms with Crippen molar-refractivity contribution in [3.63, 3.8) is 0 Å². The molecular formula is C19H19NO3. The standard InChI is InChI=1S/C19H19NO3/c1-2-22-18-6-4-3-5-16(18)20-19(21)10-8-14-7-9-17-15(13-14)11-12-23-17/h3-10,13H,2,11-12H2,1H3,(H,20,21). The quantitative estimate of drug-likeness (QED) is 0.857. The molecule has 1 N–H and O–H groups in total. The van der Waals surface area contributed by atoms with E-state index >= 15 is 0 Å². The molecule has 0 saturated carbocycles. The van der Waals surface area contributed by atoms with Gasteiger partial charge in [0.1, 0.15) is 11.5 Å². The van der Waals surface area contributed by atoms with Gasteiger partial charge >= 0.3 is 0 Å². The Hall–Kier alpha value is -2.75. The predicted octanol–water partition coefficient (Wildman–Crippen LogP) is 3.67. The summed E-state index contributed by atoms with van der Waals surface area (Å²) in [5, 5.41) is 2.84. The minimum Gasteiger partial charge on any atom is -0.493 e. The number of carbonyl (C=O) groups is 1. The fraction of sp³-hybridized carbons (Fsp3) is 0.211. The van der Waals surface area contributed by atoms with Gasteiger partial charge in [0.15, 0.2) is 0 Å². The van der Waals surface area contributed by atoms with Gasteiger partial charge in [0, 0.05) is 12.5 Å². The van der Waals surface area contributed by atoms with Gasteiger partial charge in [0.2, 0.25) is 5.91 Å². The zero-order chi connectivity index (χ0) is 16.1. The molecule has 4 nitrogen and oxygen atoms in total. The molecule has 118 valence electrons. The lowest BCUT2D eigenvalue weighted by Gasteiger charge is -2.09. The topological polar surface area (TPSA) is 47.6 Å². The molecule has 0 saturated heterocycles. The third kappa shape index (κ3) is 3.72. The van der Waals surface area contributed by atoms with Crippen LogP contribution in [-0.2, 0) is 11.2 Å². The van der Waals surface area contributed by atoms with Gasteiger partial charge in [0.25, 0.3) is 0 Å². The first-order valence-electron chi connectivity index (χ1n) is 7.73. The van der Waals surface area contributed by atoms with E-state index in [2.05, 4.69) is 11.4 Å². The first-order chi connectivity index (χ1) is 11.3. The molecule has 1 aliphatic rings. The van der Waals surface area contributed by atoms with Crippen LogP contribution in [0.4, 0.5) is 5.69 Å². The van der Waals surface area contributed by atoms with Crippen molar-refractivity contribution in [3.05, 3.63) is 59.7 Å². The maximum absolute atomic E-state index is 12.1.